The molecule has 2 aliphatic rings. The third-order valence-corrected chi connectivity index (χ3v) is 6.57. The molecule has 0 atom stereocenters. The summed E-state index contributed by atoms with van der Waals surface area (Å²) in [6.07, 6.45) is 3.60. The third-order valence-electron chi connectivity index (χ3n) is 6.57. The fourth-order valence-electron chi connectivity index (χ4n) is 4.56. The zero-order chi connectivity index (χ0) is 22.2. The number of guanidine groups is 1. The second-order valence-electron chi connectivity index (χ2n) is 8.55. The van der Waals surface area contributed by atoms with Crippen molar-refractivity contribution in [3.8, 4) is 5.75 Å². The predicted molar refractivity (Wildman–Crippen MR) is 124 cm³/mol. The van der Waals surface area contributed by atoms with E-state index in [1.165, 1.54) is 5.56 Å². The van der Waals surface area contributed by atoms with Crippen LogP contribution in [-0.4, -0.2) is 80.5 Å². The summed E-state index contributed by atoms with van der Waals surface area (Å²) < 4.78 is 16.0. The molecule has 8 heteroatoms. The summed E-state index contributed by atoms with van der Waals surface area (Å²) in [7, 11) is 1.71. The van der Waals surface area contributed by atoms with Gasteiger partial charge in [0.05, 0.1) is 19.3 Å². The number of benzene rings is 1. The quantitative estimate of drug-likeness (QED) is 0.523. The van der Waals surface area contributed by atoms with E-state index in [0.29, 0.717) is 0 Å². The van der Waals surface area contributed by atoms with Crippen molar-refractivity contribution in [2.24, 2.45) is 4.99 Å². The normalized spacial score (nSPS) is 19.7. The summed E-state index contributed by atoms with van der Waals surface area (Å²) in [6, 6.07) is 10.4. The van der Waals surface area contributed by atoms with Crippen LogP contribution in [0.5, 0.6) is 5.75 Å². The Balaban J connectivity index is 1.44. The summed E-state index contributed by atoms with van der Waals surface area (Å²) in [6.45, 7) is 9.98. The number of nitrogens with one attached hydrogen (secondary N) is 1. The molecule has 174 valence electrons. The van der Waals surface area contributed by atoms with E-state index in [4.69, 9.17) is 19.0 Å². The monoisotopic (exact) mass is 441 g/mol. The maximum absolute atomic E-state index is 5.70. The minimum Gasteiger partial charge on any atom is -0.497 e. The van der Waals surface area contributed by atoms with Gasteiger partial charge in [0, 0.05) is 64.0 Å². The Bertz CT molecular complexity index is 839. The molecule has 32 heavy (non-hydrogen) atoms. The number of methoxy groups -OCH3 is 1. The molecule has 1 N–H and O–H groups in total. The first kappa shape index (κ1) is 22.6. The highest BCUT2D eigenvalue weighted by Crippen LogP contribution is 2.36. The third kappa shape index (κ3) is 5.42. The molecule has 2 saturated heterocycles. The number of hydrogen-bond donors (Lipinski definition) is 1. The van der Waals surface area contributed by atoms with Crippen molar-refractivity contribution in [3.05, 3.63) is 47.9 Å². The van der Waals surface area contributed by atoms with Gasteiger partial charge in [-0.1, -0.05) is 17.3 Å². The molecule has 0 unspecified atom stereocenters. The molecule has 0 aliphatic carbocycles. The van der Waals surface area contributed by atoms with Gasteiger partial charge >= 0.3 is 0 Å². The Morgan fingerprint density at radius 1 is 1.12 bits per heavy atom. The molecule has 3 heterocycles. The van der Waals surface area contributed by atoms with Crippen molar-refractivity contribution in [2.45, 2.75) is 31.7 Å². The van der Waals surface area contributed by atoms with Gasteiger partial charge in [-0.15, -0.1) is 0 Å². The highest BCUT2D eigenvalue weighted by Gasteiger charge is 2.35. The van der Waals surface area contributed by atoms with Gasteiger partial charge < -0.3 is 24.2 Å². The molecule has 0 amide bonds. The maximum Gasteiger partial charge on any atom is 0.194 e. The Labute approximate surface area is 190 Å². The van der Waals surface area contributed by atoms with Gasteiger partial charge in [-0.05, 0) is 37.5 Å². The van der Waals surface area contributed by atoms with Gasteiger partial charge in [-0.25, -0.2) is 0 Å². The number of aliphatic imine (C=N–C) groups is 1. The van der Waals surface area contributed by atoms with Crippen molar-refractivity contribution in [1.82, 2.24) is 20.3 Å². The summed E-state index contributed by atoms with van der Waals surface area (Å²) in [4.78, 5) is 9.94. The number of piperazine rings is 1. The highest BCUT2D eigenvalue weighted by atomic mass is 16.5. The molecule has 1 aromatic carbocycles. The number of ether oxygens (including phenoxy) is 2. The molecule has 0 radical (unpaired) electrons. The number of rotatable bonds is 7. The van der Waals surface area contributed by atoms with E-state index in [2.05, 4.69) is 51.5 Å². The Kier molecular flexibility index (Phi) is 7.65. The lowest BCUT2D eigenvalue weighted by Gasteiger charge is -2.39. The topological polar surface area (TPSA) is 75.4 Å². The first-order valence-electron chi connectivity index (χ1n) is 11.6. The van der Waals surface area contributed by atoms with Crippen LogP contribution in [0.1, 0.15) is 31.0 Å². The van der Waals surface area contributed by atoms with Gasteiger partial charge in [0.25, 0.3) is 0 Å². The van der Waals surface area contributed by atoms with E-state index < -0.39 is 0 Å². The van der Waals surface area contributed by atoms with E-state index in [9.17, 15) is 0 Å². The fraction of sp³-hybridized carbons (Fsp3) is 0.583. The predicted octanol–water partition coefficient (Wildman–Crippen LogP) is 2.51. The largest absolute Gasteiger partial charge is 0.497 e. The van der Waals surface area contributed by atoms with Crippen molar-refractivity contribution in [3.63, 3.8) is 0 Å². The van der Waals surface area contributed by atoms with Crippen molar-refractivity contribution in [1.29, 1.82) is 0 Å². The van der Waals surface area contributed by atoms with E-state index in [-0.39, 0.29) is 5.41 Å². The van der Waals surface area contributed by atoms with Crippen LogP contribution < -0.4 is 10.1 Å². The van der Waals surface area contributed by atoms with Crippen LogP contribution in [0.2, 0.25) is 0 Å². The first-order valence-corrected chi connectivity index (χ1v) is 11.6. The Morgan fingerprint density at radius 2 is 1.88 bits per heavy atom. The molecule has 8 nitrogen and oxygen atoms in total. The molecular formula is C24H35N5O3. The summed E-state index contributed by atoms with van der Waals surface area (Å²) in [5, 5.41) is 7.56. The average Bonchev–Trinajstić information content (AvgIpc) is 3.36. The van der Waals surface area contributed by atoms with Crippen LogP contribution in [0.4, 0.5) is 0 Å². The fourth-order valence-corrected chi connectivity index (χ4v) is 4.56. The van der Waals surface area contributed by atoms with Crippen molar-refractivity contribution < 1.29 is 14.0 Å². The minimum atomic E-state index is -0.0000327. The van der Waals surface area contributed by atoms with E-state index in [0.717, 1.165) is 89.3 Å². The van der Waals surface area contributed by atoms with Crippen LogP contribution >= 0.6 is 0 Å². The van der Waals surface area contributed by atoms with Gasteiger partial charge in [0.2, 0.25) is 0 Å². The van der Waals surface area contributed by atoms with Crippen LogP contribution in [0.3, 0.4) is 0 Å². The second-order valence-corrected chi connectivity index (χ2v) is 8.55. The van der Waals surface area contributed by atoms with Crippen molar-refractivity contribution in [2.75, 3.05) is 59.6 Å². The van der Waals surface area contributed by atoms with Crippen LogP contribution in [-0.2, 0) is 16.7 Å². The number of nitrogens with zero attached hydrogens (tertiary/aromatic N) is 4. The van der Waals surface area contributed by atoms with Gasteiger partial charge in [0.1, 0.15) is 12.0 Å². The average molecular weight is 442 g/mol. The lowest BCUT2D eigenvalue weighted by molar-refractivity contribution is 0.0529. The second kappa shape index (κ2) is 10.8. The summed E-state index contributed by atoms with van der Waals surface area (Å²) in [5.41, 5.74) is 2.30. The van der Waals surface area contributed by atoms with Crippen molar-refractivity contribution >= 4 is 5.96 Å². The van der Waals surface area contributed by atoms with Gasteiger partial charge in [-0.3, -0.25) is 9.89 Å². The van der Waals surface area contributed by atoms with Gasteiger partial charge in [0.15, 0.2) is 5.96 Å². The smallest absolute Gasteiger partial charge is 0.194 e. The first-order chi connectivity index (χ1) is 15.7. The lowest BCUT2D eigenvalue weighted by atomic mass is 9.74. The molecule has 2 fully saturated rings. The molecule has 0 saturated carbocycles. The number of aromatic nitrogens is 1. The van der Waals surface area contributed by atoms with Gasteiger partial charge in [-0.2, -0.15) is 0 Å². The summed E-state index contributed by atoms with van der Waals surface area (Å²) in [5.74, 6) is 1.89. The van der Waals surface area contributed by atoms with E-state index >= 15 is 0 Å². The molecule has 2 aliphatic heterocycles. The zero-order valence-electron chi connectivity index (χ0n) is 19.3. The molecule has 4 rings (SSSR count). The number of hydrogen-bond acceptors (Lipinski definition) is 6. The standard InChI is InChI=1S/C24H35N5O3/c1-3-25-23(29-13-11-28(12-14-29)18-21-8-15-32-27-21)26-19-24(9-16-31-17-10-24)20-4-6-22(30-2)7-5-20/h4-8,15H,3,9-14,16-19H2,1-2H3,(H,25,26). The molecule has 2 aromatic rings. The van der Waals surface area contributed by atoms with Crippen LogP contribution in [0.15, 0.2) is 46.1 Å². The van der Waals surface area contributed by atoms with Crippen LogP contribution in [0.25, 0.3) is 0 Å². The molecule has 0 spiro atoms. The Hall–Kier alpha value is -2.58. The highest BCUT2D eigenvalue weighted by molar-refractivity contribution is 5.80. The van der Waals surface area contributed by atoms with E-state index in [1.54, 1.807) is 13.4 Å². The molecule has 0 bridgehead atoms. The minimum absolute atomic E-state index is 0.0000327. The lowest BCUT2D eigenvalue weighted by Crippen LogP contribution is -2.52. The maximum atomic E-state index is 5.70. The zero-order valence-corrected chi connectivity index (χ0v) is 19.3. The molecular weight excluding hydrogens is 406 g/mol. The summed E-state index contributed by atoms with van der Waals surface area (Å²) >= 11 is 0. The molecule has 1 aromatic heterocycles. The van der Waals surface area contributed by atoms with E-state index in [1.807, 2.05) is 6.07 Å². The van der Waals surface area contributed by atoms with Crippen LogP contribution in [0, 0.1) is 0 Å². The Morgan fingerprint density at radius 3 is 2.50 bits per heavy atom. The SMILES string of the molecule is CCNC(=NCC1(c2ccc(OC)cc2)CCOCC1)N1CCN(Cc2ccon2)CC1.